The summed E-state index contributed by atoms with van der Waals surface area (Å²) in [6.07, 6.45) is 0.528. The van der Waals surface area contributed by atoms with Gasteiger partial charge in [0.05, 0.1) is 7.11 Å². The summed E-state index contributed by atoms with van der Waals surface area (Å²) in [6.45, 7) is 5.31. The van der Waals surface area contributed by atoms with E-state index in [0.717, 1.165) is 44.0 Å². The van der Waals surface area contributed by atoms with Gasteiger partial charge < -0.3 is 15.0 Å². The zero-order valence-electron chi connectivity index (χ0n) is 15.4. The van der Waals surface area contributed by atoms with E-state index in [9.17, 15) is 4.79 Å². The largest absolute Gasteiger partial charge is 0.496 e. The van der Waals surface area contributed by atoms with Gasteiger partial charge in [-0.15, -0.1) is 0 Å². The SMILES string of the molecule is COc1ccccc1CNC(=O)CCN1CCN(c2ccccc2)CC1. The van der Waals surface area contributed by atoms with Gasteiger partial charge >= 0.3 is 0 Å². The highest BCUT2D eigenvalue weighted by atomic mass is 16.5. The second-order valence-electron chi connectivity index (χ2n) is 6.50. The van der Waals surface area contributed by atoms with Crippen LogP contribution in [0.3, 0.4) is 0 Å². The second kappa shape index (κ2) is 9.25. The molecule has 1 aliphatic heterocycles. The maximum absolute atomic E-state index is 12.2. The van der Waals surface area contributed by atoms with Crippen molar-refractivity contribution in [2.45, 2.75) is 13.0 Å². The van der Waals surface area contributed by atoms with Crippen molar-refractivity contribution in [2.75, 3.05) is 44.7 Å². The lowest BCUT2D eigenvalue weighted by molar-refractivity contribution is -0.121. The second-order valence-corrected chi connectivity index (χ2v) is 6.50. The molecule has 0 unspecified atom stereocenters. The predicted octanol–water partition coefficient (Wildman–Crippen LogP) is 2.52. The molecule has 0 radical (unpaired) electrons. The maximum atomic E-state index is 12.2. The van der Waals surface area contributed by atoms with Crippen molar-refractivity contribution < 1.29 is 9.53 Å². The number of nitrogens with one attached hydrogen (secondary N) is 1. The molecule has 3 rings (SSSR count). The Morgan fingerprint density at radius 1 is 1.00 bits per heavy atom. The number of carbonyl (C=O) groups is 1. The zero-order valence-corrected chi connectivity index (χ0v) is 15.4. The zero-order chi connectivity index (χ0) is 18.2. The van der Waals surface area contributed by atoms with E-state index in [4.69, 9.17) is 4.74 Å². The summed E-state index contributed by atoms with van der Waals surface area (Å²) in [5.74, 6) is 0.895. The molecule has 0 bridgehead atoms. The third-order valence-electron chi connectivity index (χ3n) is 4.82. The van der Waals surface area contributed by atoms with E-state index in [1.165, 1.54) is 5.69 Å². The quantitative estimate of drug-likeness (QED) is 0.831. The average Bonchev–Trinajstić information content (AvgIpc) is 2.72. The Hall–Kier alpha value is -2.53. The number of nitrogens with zero attached hydrogens (tertiary/aromatic N) is 2. The maximum Gasteiger partial charge on any atom is 0.221 e. The van der Waals surface area contributed by atoms with Gasteiger partial charge in [0.25, 0.3) is 0 Å². The lowest BCUT2D eigenvalue weighted by Gasteiger charge is -2.36. The van der Waals surface area contributed by atoms with Crippen LogP contribution in [0.1, 0.15) is 12.0 Å². The number of benzene rings is 2. The summed E-state index contributed by atoms with van der Waals surface area (Å²) in [5.41, 5.74) is 2.28. The van der Waals surface area contributed by atoms with Crippen LogP contribution in [0.2, 0.25) is 0 Å². The van der Waals surface area contributed by atoms with E-state index in [1.807, 2.05) is 30.3 Å². The van der Waals surface area contributed by atoms with E-state index >= 15 is 0 Å². The smallest absolute Gasteiger partial charge is 0.221 e. The first-order valence-electron chi connectivity index (χ1n) is 9.17. The fourth-order valence-corrected chi connectivity index (χ4v) is 3.26. The van der Waals surface area contributed by atoms with Gasteiger partial charge in [-0.25, -0.2) is 0 Å². The number of para-hydroxylation sites is 2. The van der Waals surface area contributed by atoms with Crippen LogP contribution < -0.4 is 15.0 Å². The first-order valence-corrected chi connectivity index (χ1v) is 9.17. The van der Waals surface area contributed by atoms with Crippen molar-refractivity contribution in [1.29, 1.82) is 0 Å². The number of carbonyl (C=O) groups excluding carboxylic acids is 1. The number of rotatable bonds is 7. The summed E-state index contributed by atoms with van der Waals surface area (Å²) in [5, 5.41) is 2.99. The van der Waals surface area contributed by atoms with Gasteiger partial charge in [0.2, 0.25) is 5.91 Å². The predicted molar refractivity (Wildman–Crippen MR) is 105 cm³/mol. The molecule has 1 fully saturated rings. The molecule has 1 heterocycles. The summed E-state index contributed by atoms with van der Waals surface area (Å²) in [4.78, 5) is 16.9. The van der Waals surface area contributed by atoms with Crippen LogP contribution in [-0.2, 0) is 11.3 Å². The Morgan fingerprint density at radius 2 is 1.69 bits per heavy atom. The Morgan fingerprint density at radius 3 is 2.42 bits per heavy atom. The third kappa shape index (κ3) is 4.99. The van der Waals surface area contributed by atoms with Crippen molar-refractivity contribution in [3.63, 3.8) is 0 Å². The molecule has 0 saturated carbocycles. The topological polar surface area (TPSA) is 44.8 Å². The standard InChI is InChI=1S/C21H27N3O2/c1-26-20-10-6-5-7-18(20)17-22-21(25)11-12-23-13-15-24(16-14-23)19-8-3-2-4-9-19/h2-10H,11-17H2,1H3,(H,22,25). The lowest BCUT2D eigenvalue weighted by atomic mass is 10.2. The van der Waals surface area contributed by atoms with Crippen LogP contribution >= 0.6 is 0 Å². The van der Waals surface area contributed by atoms with E-state index in [1.54, 1.807) is 7.11 Å². The Labute approximate surface area is 155 Å². The van der Waals surface area contributed by atoms with Crippen molar-refractivity contribution >= 4 is 11.6 Å². The molecule has 2 aromatic carbocycles. The molecule has 5 nitrogen and oxygen atoms in total. The highest BCUT2D eigenvalue weighted by molar-refractivity contribution is 5.76. The molecule has 5 heteroatoms. The van der Waals surface area contributed by atoms with Gasteiger partial charge in [-0.1, -0.05) is 36.4 Å². The van der Waals surface area contributed by atoms with Gasteiger partial charge in [-0.05, 0) is 18.2 Å². The minimum absolute atomic E-state index is 0.0846. The number of hydrogen-bond donors (Lipinski definition) is 1. The summed E-state index contributed by atoms with van der Waals surface area (Å²) >= 11 is 0. The van der Waals surface area contributed by atoms with Crippen LogP contribution in [0.25, 0.3) is 0 Å². The lowest BCUT2D eigenvalue weighted by Crippen LogP contribution is -2.47. The Kier molecular flexibility index (Phi) is 6.50. The van der Waals surface area contributed by atoms with E-state index in [-0.39, 0.29) is 5.91 Å². The van der Waals surface area contributed by atoms with Crippen LogP contribution in [0.15, 0.2) is 54.6 Å². The van der Waals surface area contributed by atoms with Crippen LogP contribution in [-0.4, -0.2) is 50.6 Å². The molecule has 1 aliphatic rings. The average molecular weight is 353 g/mol. The Balaban J connectivity index is 1.38. The fourth-order valence-electron chi connectivity index (χ4n) is 3.26. The number of piperazine rings is 1. The summed E-state index contributed by atoms with van der Waals surface area (Å²) < 4.78 is 5.32. The molecule has 0 aromatic heterocycles. The van der Waals surface area contributed by atoms with E-state index in [0.29, 0.717) is 13.0 Å². The van der Waals surface area contributed by atoms with Crippen molar-refractivity contribution in [3.8, 4) is 5.75 Å². The number of anilines is 1. The highest BCUT2D eigenvalue weighted by Gasteiger charge is 2.17. The minimum atomic E-state index is 0.0846. The molecule has 2 aromatic rings. The van der Waals surface area contributed by atoms with Crippen LogP contribution in [0.5, 0.6) is 5.75 Å². The number of hydrogen-bond acceptors (Lipinski definition) is 4. The molecule has 0 aliphatic carbocycles. The summed E-state index contributed by atoms with van der Waals surface area (Å²) in [6, 6.07) is 18.3. The normalized spacial score (nSPS) is 14.9. The van der Waals surface area contributed by atoms with Gasteiger partial charge in [-0.3, -0.25) is 9.69 Å². The van der Waals surface area contributed by atoms with Crippen molar-refractivity contribution in [1.82, 2.24) is 10.2 Å². The van der Waals surface area contributed by atoms with Gasteiger partial charge in [0.15, 0.2) is 0 Å². The Bertz CT molecular complexity index is 697. The van der Waals surface area contributed by atoms with Crippen LogP contribution in [0.4, 0.5) is 5.69 Å². The number of amides is 1. The third-order valence-corrected chi connectivity index (χ3v) is 4.82. The van der Waals surface area contributed by atoms with Gasteiger partial charge in [0.1, 0.15) is 5.75 Å². The molecule has 138 valence electrons. The number of ether oxygens (including phenoxy) is 1. The molecular formula is C21H27N3O2. The monoisotopic (exact) mass is 353 g/mol. The summed E-state index contributed by atoms with van der Waals surface area (Å²) in [7, 11) is 1.65. The van der Waals surface area contributed by atoms with Crippen molar-refractivity contribution in [2.24, 2.45) is 0 Å². The van der Waals surface area contributed by atoms with Gasteiger partial charge in [0, 0.05) is 56.9 Å². The highest BCUT2D eigenvalue weighted by Crippen LogP contribution is 2.17. The first-order chi connectivity index (χ1) is 12.8. The minimum Gasteiger partial charge on any atom is -0.496 e. The van der Waals surface area contributed by atoms with Crippen molar-refractivity contribution in [3.05, 3.63) is 60.2 Å². The molecule has 1 saturated heterocycles. The van der Waals surface area contributed by atoms with Gasteiger partial charge in [-0.2, -0.15) is 0 Å². The van der Waals surface area contributed by atoms with Crippen LogP contribution in [0, 0.1) is 0 Å². The molecule has 1 amide bonds. The molecule has 0 atom stereocenters. The molecular weight excluding hydrogens is 326 g/mol. The molecule has 1 N–H and O–H groups in total. The first kappa shape index (κ1) is 18.3. The van der Waals surface area contributed by atoms with E-state index < -0.39 is 0 Å². The number of methoxy groups -OCH3 is 1. The van der Waals surface area contributed by atoms with E-state index in [2.05, 4.69) is 39.4 Å². The molecule has 0 spiro atoms. The molecule has 26 heavy (non-hydrogen) atoms. The fraction of sp³-hybridized carbons (Fsp3) is 0.381.